The molecule has 0 fully saturated rings. The zero-order valence-electron chi connectivity index (χ0n) is 17.2. The summed E-state index contributed by atoms with van der Waals surface area (Å²) in [4.78, 5) is 29.1. The first kappa shape index (κ1) is 26.3. The zero-order valence-corrected chi connectivity index (χ0v) is 21.3. The summed E-state index contributed by atoms with van der Waals surface area (Å²) in [5.74, 6) is -0.783. The van der Waals surface area contributed by atoms with Gasteiger partial charge in [0, 0.05) is 25.4 Å². The van der Waals surface area contributed by atoms with Crippen LogP contribution < -0.4 is 5.32 Å². The van der Waals surface area contributed by atoms with Crippen LogP contribution >= 0.6 is 51.5 Å². The number of aromatic nitrogens is 1. The summed E-state index contributed by atoms with van der Waals surface area (Å²) in [6.07, 6.45) is 2.54. The van der Waals surface area contributed by atoms with Crippen molar-refractivity contribution in [3.63, 3.8) is 0 Å². The number of aryl methyl sites for hydroxylation is 1. The number of hydrogen-bond donors (Lipinski definition) is 1. The third-order valence-corrected chi connectivity index (χ3v) is 6.37. The highest BCUT2D eigenvalue weighted by Crippen LogP contribution is 2.36. The number of thiazole rings is 1. The Labute approximate surface area is 210 Å². The lowest BCUT2D eigenvalue weighted by Gasteiger charge is -2.13. The lowest BCUT2D eigenvalue weighted by Crippen LogP contribution is -2.14. The number of rotatable bonds is 9. The molecule has 1 amide bonds. The van der Waals surface area contributed by atoms with Crippen LogP contribution in [0.2, 0.25) is 10.0 Å². The summed E-state index contributed by atoms with van der Waals surface area (Å²) < 4.78 is 0. The predicted molar refractivity (Wildman–Crippen MR) is 136 cm³/mol. The van der Waals surface area contributed by atoms with Gasteiger partial charge in [-0.05, 0) is 54.8 Å². The molecule has 0 saturated carbocycles. The number of anilines is 1. The molecule has 32 heavy (non-hydrogen) atoms. The normalized spacial score (nSPS) is 11.5. The molecule has 2 aromatic carbocycles. The van der Waals surface area contributed by atoms with Crippen molar-refractivity contribution in [1.82, 2.24) is 4.98 Å². The average molecular weight is 559 g/mol. The van der Waals surface area contributed by atoms with Crippen LogP contribution in [0.1, 0.15) is 52.2 Å². The molecule has 0 spiro atoms. The van der Waals surface area contributed by atoms with Gasteiger partial charge in [0.2, 0.25) is 6.54 Å². The van der Waals surface area contributed by atoms with E-state index in [9.17, 15) is 14.9 Å². The fourth-order valence-corrected chi connectivity index (χ4v) is 4.55. The highest BCUT2D eigenvalue weighted by molar-refractivity contribution is 8.93. The summed E-state index contributed by atoms with van der Waals surface area (Å²) >= 11 is 13.2. The molecule has 6 nitrogen and oxygen atoms in total. The van der Waals surface area contributed by atoms with Crippen molar-refractivity contribution in [1.29, 1.82) is 0 Å². The Morgan fingerprint density at radius 3 is 2.28 bits per heavy atom. The Bertz CT molecular complexity index is 1060. The summed E-state index contributed by atoms with van der Waals surface area (Å²) in [6, 6.07) is 13.6. The lowest BCUT2D eigenvalue weighted by atomic mass is 9.95. The van der Waals surface area contributed by atoms with Gasteiger partial charge in [0.15, 0.2) is 5.13 Å². The summed E-state index contributed by atoms with van der Waals surface area (Å²) in [5.41, 5.74) is 2.02. The van der Waals surface area contributed by atoms with E-state index in [0.717, 1.165) is 29.0 Å². The molecule has 3 aromatic rings. The number of unbranched alkanes of at least 4 members (excludes halogenated alkanes) is 1. The van der Waals surface area contributed by atoms with Gasteiger partial charge in [-0.25, -0.2) is 4.98 Å². The van der Waals surface area contributed by atoms with Crippen LogP contribution in [-0.4, -0.2) is 22.4 Å². The Balaban J connectivity index is 0.00000363. The van der Waals surface area contributed by atoms with Crippen molar-refractivity contribution in [3.05, 3.63) is 90.4 Å². The maximum Gasteiger partial charge on any atom is 0.257 e. The van der Waals surface area contributed by atoms with E-state index in [1.165, 1.54) is 11.3 Å². The minimum atomic E-state index is -0.474. The lowest BCUT2D eigenvalue weighted by molar-refractivity contribution is -0.481. The van der Waals surface area contributed by atoms with E-state index in [-0.39, 0.29) is 34.4 Å². The standard InChI is InChI=1S/C22H21Cl2N3O3S.BrH/c1-2-3-4-19-20(18(13-27(29)30)14-5-9-16(23)10-6-14)31-22(25-19)26-21(28)15-7-11-17(24)12-8-15;/h5-12,18H,2-4,13H2,1H3,(H,25,26,28);1H. The zero-order chi connectivity index (χ0) is 22.4. The van der Waals surface area contributed by atoms with Gasteiger partial charge in [-0.2, -0.15) is 0 Å². The molecule has 1 aromatic heterocycles. The maximum absolute atomic E-state index is 12.6. The number of nitrogens with zero attached hydrogens (tertiary/aromatic N) is 2. The van der Waals surface area contributed by atoms with E-state index in [1.54, 1.807) is 48.5 Å². The van der Waals surface area contributed by atoms with Crippen molar-refractivity contribution in [2.45, 2.75) is 32.1 Å². The largest absolute Gasteiger partial charge is 0.298 e. The fraction of sp³-hybridized carbons (Fsp3) is 0.273. The van der Waals surface area contributed by atoms with Crippen LogP contribution in [-0.2, 0) is 6.42 Å². The molecule has 1 N–H and O–H groups in total. The van der Waals surface area contributed by atoms with E-state index in [1.807, 2.05) is 0 Å². The minimum absolute atomic E-state index is 0. The van der Waals surface area contributed by atoms with Gasteiger partial charge in [0.1, 0.15) is 0 Å². The quantitative estimate of drug-likeness (QED) is 0.225. The van der Waals surface area contributed by atoms with Crippen LogP contribution in [0.3, 0.4) is 0 Å². The molecule has 0 aliphatic rings. The molecule has 1 atom stereocenters. The molecule has 0 saturated heterocycles. The molecule has 10 heteroatoms. The summed E-state index contributed by atoms with van der Waals surface area (Å²) in [5, 5.41) is 15.8. The first-order valence-electron chi connectivity index (χ1n) is 9.81. The van der Waals surface area contributed by atoms with Crippen molar-refractivity contribution in [2.75, 3.05) is 11.9 Å². The molecule has 1 unspecified atom stereocenters. The van der Waals surface area contributed by atoms with Crippen molar-refractivity contribution >= 4 is 62.6 Å². The Morgan fingerprint density at radius 2 is 1.72 bits per heavy atom. The third kappa shape index (κ3) is 7.00. The van der Waals surface area contributed by atoms with Crippen LogP contribution in [0.4, 0.5) is 5.13 Å². The second kappa shape index (κ2) is 12.3. The number of halogens is 3. The van der Waals surface area contributed by atoms with E-state index < -0.39 is 5.92 Å². The number of carbonyl (C=O) groups excluding carboxylic acids is 1. The fourth-order valence-electron chi connectivity index (χ4n) is 3.17. The van der Waals surface area contributed by atoms with E-state index >= 15 is 0 Å². The number of nitro groups is 1. The maximum atomic E-state index is 12.6. The number of carbonyl (C=O) groups is 1. The van der Waals surface area contributed by atoms with Crippen LogP contribution in [0.5, 0.6) is 0 Å². The number of amides is 1. The topological polar surface area (TPSA) is 85.1 Å². The second-order valence-electron chi connectivity index (χ2n) is 7.01. The van der Waals surface area contributed by atoms with Crippen LogP contribution in [0.15, 0.2) is 48.5 Å². The number of hydrogen-bond acceptors (Lipinski definition) is 5. The Kier molecular flexibility index (Phi) is 10.1. The minimum Gasteiger partial charge on any atom is -0.298 e. The molecule has 0 radical (unpaired) electrons. The smallest absolute Gasteiger partial charge is 0.257 e. The predicted octanol–water partition coefficient (Wildman–Crippen LogP) is 7.03. The molecular formula is C22H22BrCl2N3O3S. The van der Waals surface area contributed by atoms with Crippen molar-refractivity contribution < 1.29 is 9.72 Å². The second-order valence-corrected chi connectivity index (χ2v) is 8.92. The van der Waals surface area contributed by atoms with Gasteiger partial charge >= 0.3 is 0 Å². The van der Waals surface area contributed by atoms with Gasteiger partial charge < -0.3 is 0 Å². The van der Waals surface area contributed by atoms with Gasteiger partial charge in [-0.1, -0.05) is 48.7 Å². The molecule has 0 bridgehead atoms. The molecule has 170 valence electrons. The van der Waals surface area contributed by atoms with Gasteiger partial charge in [-0.3, -0.25) is 20.2 Å². The molecule has 0 aliphatic carbocycles. The number of benzene rings is 2. The first-order chi connectivity index (χ1) is 14.9. The van der Waals surface area contributed by atoms with Crippen molar-refractivity contribution in [3.8, 4) is 0 Å². The highest BCUT2D eigenvalue weighted by Gasteiger charge is 2.27. The Hall–Kier alpha value is -2.00. The highest BCUT2D eigenvalue weighted by atomic mass is 79.9. The Morgan fingerprint density at radius 1 is 1.12 bits per heavy atom. The number of nitrogens with one attached hydrogen (secondary N) is 1. The van der Waals surface area contributed by atoms with E-state index in [0.29, 0.717) is 27.2 Å². The van der Waals surface area contributed by atoms with E-state index in [4.69, 9.17) is 23.2 Å². The molecule has 1 heterocycles. The summed E-state index contributed by atoms with van der Waals surface area (Å²) in [6.45, 7) is 1.80. The van der Waals surface area contributed by atoms with Crippen LogP contribution in [0.25, 0.3) is 0 Å². The van der Waals surface area contributed by atoms with Crippen molar-refractivity contribution in [2.24, 2.45) is 0 Å². The van der Waals surface area contributed by atoms with Gasteiger partial charge in [-0.15, -0.1) is 28.3 Å². The third-order valence-electron chi connectivity index (χ3n) is 4.74. The van der Waals surface area contributed by atoms with E-state index in [2.05, 4.69) is 17.2 Å². The van der Waals surface area contributed by atoms with Gasteiger partial charge in [0.05, 0.1) is 11.6 Å². The van der Waals surface area contributed by atoms with Gasteiger partial charge in [0.25, 0.3) is 5.91 Å². The molecule has 0 aliphatic heterocycles. The first-order valence-corrected chi connectivity index (χ1v) is 11.4. The molecular weight excluding hydrogens is 537 g/mol. The van der Waals surface area contributed by atoms with Crippen LogP contribution in [0, 0.1) is 10.1 Å². The SMILES string of the molecule is Br.CCCCc1nc(NC(=O)c2ccc(Cl)cc2)sc1C(C[N+](=O)[O-])c1ccc(Cl)cc1. The summed E-state index contributed by atoms with van der Waals surface area (Å²) in [7, 11) is 0. The average Bonchev–Trinajstić information content (AvgIpc) is 3.13. The molecule has 3 rings (SSSR count). The monoisotopic (exact) mass is 557 g/mol.